The van der Waals surface area contributed by atoms with Crippen LogP contribution in [-0.2, 0) is 4.79 Å². The lowest BCUT2D eigenvalue weighted by atomic mass is 10.2. The number of carbonyl (C=O) groups is 1. The molecule has 0 saturated carbocycles. The van der Waals surface area contributed by atoms with Gasteiger partial charge in [-0.05, 0) is 31.5 Å². The van der Waals surface area contributed by atoms with Crippen LogP contribution < -0.4 is 9.64 Å². The Morgan fingerprint density at radius 1 is 1.59 bits per heavy atom. The first-order valence-corrected chi connectivity index (χ1v) is 6.28. The van der Waals surface area contributed by atoms with Gasteiger partial charge < -0.3 is 14.7 Å². The summed E-state index contributed by atoms with van der Waals surface area (Å²) >= 11 is 3.37. The molecule has 1 heterocycles. The lowest BCUT2D eigenvalue weighted by Crippen LogP contribution is -2.40. The number of carbonyl (C=O) groups excluding carboxylic acids is 1. The van der Waals surface area contributed by atoms with Gasteiger partial charge in [0.25, 0.3) is 5.91 Å². The van der Waals surface area contributed by atoms with Crippen molar-refractivity contribution >= 4 is 27.5 Å². The van der Waals surface area contributed by atoms with Crippen LogP contribution in [0.2, 0.25) is 0 Å². The second-order valence-electron chi connectivity index (χ2n) is 4.08. The molecule has 1 atom stereocenters. The topological polar surface area (TPSA) is 49.8 Å². The molecule has 0 saturated heterocycles. The molecule has 1 N–H and O–H groups in total. The van der Waals surface area contributed by atoms with Crippen molar-refractivity contribution in [3.05, 3.63) is 22.7 Å². The van der Waals surface area contributed by atoms with Gasteiger partial charge in [0.05, 0.1) is 11.8 Å². The molecule has 1 aliphatic heterocycles. The number of aliphatic hydroxyl groups excluding tert-OH is 1. The molecule has 4 nitrogen and oxygen atoms in total. The summed E-state index contributed by atoms with van der Waals surface area (Å²) in [7, 11) is 0. The minimum Gasteiger partial charge on any atom is -0.482 e. The average molecular weight is 300 g/mol. The summed E-state index contributed by atoms with van der Waals surface area (Å²) in [5.74, 6) is 0.634. The first-order valence-electron chi connectivity index (χ1n) is 5.48. The van der Waals surface area contributed by atoms with Gasteiger partial charge in [0, 0.05) is 11.0 Å². The van der Waals surface area contributed by atoms with Crippen molar-refractivity contribution in [1.82, 2.24) is 0 Å². The summed E-state index contributed by atoms with van der Waals surface area (Å²) in [4.78, 5) is 13.4. The smallest absolute Gasteiger partial charge is 0.265 e. The van der Waals surface area contributed by atoms with Gasteiger partial charge in [-0.2, -0.15) is 0 Å². The van der Waals surface area contributed by atoms with E-state index in [1.54, 1.807) is 11.8 Å². The number of anilines is 1. The van der Waals surface area contributed by atoms with Crippen molar-refractivity contribution in [3.8, 4) is 5.75 Å². The molecule has 1 unspecified atom stereocenters. The summed E-state index contributed by atoms with van der Waals surface area (Å²) in [5.41, 5.74) is 0.760. The number of fused-ring (bicyclic) bond motifs is 1. The van der Waals surface area contributed by atoms with Crippen LogP contribution in [0.3, 0.4) is 0 Å². The van der Waals surface area contributed by atoms with Gasteiger partial charge >= 0.3 is 0 Å². The zero-order valence-corrected chi connectivity index (χ0v) is 11.1. The zero-order valence-electron chi connectivity index (χ0n) is 9.52. The number of nitrogens with zero attached hydrogens (tertiary/aromatic N) is 1. The molecule has 1 aromatic carbocycles. The normalized spacial score (nSPS) is 16.4. The van der Waals surface area contributed by atoms with Gasteiger partial charge in [-0.25, -0.2) is 0 Å². The molecule has 0 radical (unpaired) electrons. The number of rotatable bonds is 3. The molecule has 0 spiro atoms. The molecule has 0 fully saturated rings. The Balaban J connectivity index is 2.26. The van der Waals surface area contributed by atoms with Gasteiger partial charge in [0.15, 0.2) is 6.61 Å². The molecule has 5 heteroatoms. The SMILES string of the molecule is CC(O)CCN1C(=O)COc2ccc(Br)cc21. The highest BCUT2D eigenvalue weighted by Gasteiger charge is 2.25. The predicted molar refractivity (Wildman–Crippen MR) is 68.3 cm³/mol. The van der Waals surface area contributed by atoms with Crippen LogP contribution in [0.4, 0.5) is 5.69 Å². The van der Waals surface area contributed by atoms with Crippen molar-refractivity contribution in [2.24, 2.45) is 0 Å². The van der Waals surface area contributed by atoms with Gasteiger partial charge in [-0.3, -0.25) is 4.79 Å². The van der Waals surface area contributed by atoms with Crippen LogP contribution in [0.15, 0.2) is 22.7 Å². The summed E-state index contributed by atoms with van der Waals surface area (Å²) in [5, 5.41) is 9.29. The van der Waals surface area contributed by atoms with Crippen molar-refractivity contribution < 1.29 is 14.6 Å². The largest absolute Gasteiger partial charge is 0.482 e. The Morgan fingerprint density at radius 3 is 3.06 bits per heavy atom. The number of benzene rings is 1. The first-order chi connectivity index (χ1) is 8.08. The van der Waals surface area contributed by atoms with Crippen molar-refractivity contribution in [3.63, 3.8) is 0 Å². The number of ether oxygens (including phenoxy) is 1. The Bertz CT molecular complexity index is 434. The fourth-order valence-corrected chi connectivity index (χ4v) is 2.09. The number of hydrogen-bond acceptors (Lipinski definition) is 3. The highest BCUT2D eigenvalue weighted by atomic mass is 79.9. The van der Waals surface area contributed by atoms with Crippen LogP contribution in [-0.4, -0.2) is 30.3 Å². The summed E-state index contributed by atoms with van der Waals surface area (Å²) in [6, 6.07) is 5.57. The molecule has 1 amide bonds. The maximum atomic E-state index is 11.8. The van der Waals surface area contributed by atoms with Crippen LogP contribution >= 0.6 is 15.9 Å². The summed E-state index contributed by atoms with van der Waals surface area (Å²) in [6.45, 7) is 2.28. The van der Waals surface area contributed by atoms with Crippen LogP contribution in [0, 0.1) is 0 Å². The molecule has 92 valence electrons. The Kier molecular flexibility index (Phi) is 3.69. The number of amides is 1. The molecule has 17 heavy (non-hydrogen) atoms. The van der Waals surface area contributed by atoms with Gasteiger partial charge in [-0.15, -0.1) is 0 Å². The minimum atomic E-state index is -0.416. The van der Waals surface area contributed by atoms with Crippen LogP contribution in [0.1, 0.15) is 13.3 Å². The Morgan fingerprint density at radius 2 is 2.35 bits per heavy atom. The third-order valence-corrected chi connectivity index (χ3v) is 3.13. The summed E-state index contributed by atoms with van der Waals surface area (Å²) < 4.78 is 6.25. The Labute approximate surface area is 108 Å². The van der Waals surface area contributed by atoms with Crippen molar-refractivity contribution in [1.29, 1.82) is 0 Å². The van der Waals surface area contributed by atoms with E-state index in [2.05, 4.69) is 15.9 Å². The molecule has 2 rings (SSSR count). The average Bonchev–Trinajstić information content (AvgIpc) is 2.27. The first kappa shape index (κ1) is 12.4. The number of halogens is 1. The second kappa shape index (κ2) is 5.06. The molecular formula is C12H14BrNO3. The Hall–Kier alpha value is -1.07. The molecule has 1 aliphatic rings. The van der Waals surface area contributed by atoms with E-state index >= 15 is 0 Å². The van der Waals surface area contributed by atoms with E-state index in [0.29, 0.717) is 18.7 Å². The van der Waals surface area contributed by atoms with E-state index in [1.807, 2.05) is 18.2 Å². The molecule has 0 aliphatic carbocycles. The van der Waals surface area contributed by atoms with E-state index < -0.39 is 6.10 Å². The van der Waals surface area contributed by atoms with E-state index in [-0.39, 0.29) is 12.5 Å². The summed E-state index contributed by atoms with van der Waals surface area (Å²) in [6.07, 6.45) is 0.138. The lowest BCUT2D eigenvalue weighted by Gasteiger charge is -2.29. The van der Waals surface area contributed by atoms with Crippen LogP contribution in [0.25, 0.3) is 0 Å². The molecule has 0 aromatic heterocycles. The van der Waals surface area contributed by atoms with Gasteiger partial charge in [0.2, 0.25) is 0 Å². The monoisotopic (exact) mass is 299 g/mol. The van der Waals surface area contributed by atoms with Crippen LogP contribution in [0.5, 0.6) is 5.75 Å². The zero-order chi connectivity index (χ0) is 12.4. The van der Waals surface area contributed by atoms with E-state index in [1.165, 1.54) is 0 Å². The van der Waals surface area contributed by atoms with Gasteiger partial charge in [0.1, 0.15) is 5.75 Å². The fraction of sp³-hybridized carbons (Fsp3) is 0.417. The quantitative estimate of drug-likeness (QED) is 0.928. The van der Waals surface area contributed by atoms with E-state index in [9.17, 15) is 9.90 Å². The molecule has 1 aromatic rings. The minimum absolute atomic E-state index is 0.0639. The number of hydrogen-bond donors (Lipinski definition) is 1. The number of aliphatic hydroxyl groups is 1. The maximum absolute atomic E-state index is 11.8. The standard InChI is InChI=1S/C12H14BrNO3/c1-8(15)4-5-14-10-6-9(13)2-3-11(10)17-7-12(14)16/h2-3,6,8,15H,4-5,7H2,1H3. The predicted octanol–water partition coefficient (Wildman–Crippen LogP) is 1.95. The lowest BCUT2D eigenvalue weighted by molar-refractivity contribution is -0.121. The van der Waals surface area contributed by atoms with E-state index in [4.69, 9.17) is 4.74 Å². The maximum Gasteiger partial charge on any atom is 0.265 e. The highest BCUT2D eigenvalue weighted by Crippen LogP contribution is 2.34. The van der Waals surface area contributed by atoms with E-state index in [0.717, 1.165) is 10.2 Å². The fourth-order valence-electron chi connectivity index (χ4n) is 1.74. The molecular weight excluding hydrogens is 286 g/mol. The third kappa shape index (κ3) is 2.79. The van der Waals surface area contributed by atoms with Crippen molar-refractivity contribution in [2.45, 2.75) is 19.4 Å². The highest BCUT2D eigenvalue weighted by molar-refractivity contribution is 9.10. The third-order valence-electron chi connectivity index (χ3n) is 2.63. The van der Waals surface area contributed by atoms with Gasteiger partial charge in [-0.1, -0.05) is 15.9 Å². The molecule has 0 bridgehead atoms. The van der Waals surface area contributed by atoms with Crippen molar-refractivity contribution in [2.75, 3.05) is 18.1 Å². The second-order valence-corrected chi connectivity index (χ2v) is 5.00.